The molecule has 1 aromatic carbocycles. The number of rotatable bonds is 1. The predicted octanol–water partition coefficient (Wildman–Crippen LogP) is 4.95. The molecular weight excluding hydrogens is 268 g/mol. The maximum Gasteiger partial charge on any atom is 0.137 e. The third-order valence-corrected chi connectivity index (χ3v) is 3.62. The van der Waals surface area contributed by atoms with Crippen molar-refractivity contribution < 1.29 is 0 Å². The van der Waals surface area contributed by atoms with Crippen LogP contribution in [0.3, 0.4) is 0 Å². The van der Waals surface area contributed by atoms with E-state index in [0.29, 0.717) is 0 Å². The molecule has 2 aromatic heterocycles. The lowest BCUT2D eigenvalue weighted by atomic mass is 9.91. The summed E-state index contributed by atoms with van der Waals surface area (Å²) in [5, 5.41) is 0.732. The van der Waals surface area contributed by atoms with Gasteiger partial charge in [-0.3, -0.25) is 0 Å². The van der Waals surface area contributed by atoms with Crippen molar-refractivity contribution in [2.75, 3.05) is 0 Å². The summed E-state index contributed by atoms with van der Waals surface area (Å²) >= 11 is 6.06. The predicted molar refractivity (Wildman–Crippen MR) is 84.3 cm³/mol. The molecule has 0 saturated carbocycles. The SMILES string of the molecule is CC(C)(C)c1cccc2nc(-c3cccc(Cl)c3)cn12. The molecule has 102 valence electrons. The standard InChI is InChI=1S/C17H17ClN2/c1-17(2,3)15-8-5-9-16-19-14(11-20(15)16)12-6-4-7-13(18)10-12/h4-11H,1-3H3. The van der Waals surface area contributed by atoms with E-state index >= 15 is 0 Å². The van der Waals surface area contributed by atoms with Gasteiger partial charge in [-0.05, 0) is 24.3 Å². The van der Waals surface area contributed by atoms with Crippen LogP contribution in [-0.2, 0) is 5.41 Å². The van der Waals surface area contributed by atoms with E-state index in [9.17, 15) is 0 Å². The zero-order chi connectivity index (χ0) is 14.3. The van der Waals surface area contributed by atoms with Crippen molar-refractivity contribution >= 4 is 17.2 Å². The Bertz CT molecular complexity index is 766. The van der Waals surface area contributed by atoms with Crippen molar-refractivity contribution in [1.82, 2.24) is 9.38 Å². The summed E-state index contributed by atoms with van der Waals surface area (Å²) in [6.07, 6.45) is 2.08. The lowest BCUT2D eigenvalue weighted by Crippen LogP contribution is -2.15. The summed E-state index contributed by atoms with van der Waals surface area (Å²) in [5.41, 5.74) is 4.28. The number of fused-ring (bicyclic) bond motifs is 1. The third-order valence-electron chi connectivity index (χ3n) is 3.38. The molecule has 20 heavy (non-hydrogen) atoms. The molecule has 0 saturated heterocycles. The van der Waals surface area contributed by atoms with Gasteiger partial charge in [0.25, 0.3) is 0 Å². The smallest absolute Gasteiger partial charge is 0.137 e. The van der Waals surface area contributed by atoms with Gasteiger partial charge in [-0.2, -0.15) is 0 Å². The molecule has 0 fully saturated rings. The van der Waals surface area contributed by atoms with Crippen molar-refractivity contribution in [1.29, 1.82) is 0 Å². The fraction of sp³-hybridized carbons (Fsp3) is 0.235. The van der Waals surface area contributed by atoms with Gasteiger partial charge in [-0.15, -0.1) is 0 Å². The van der Waals surface area contributed by atoms with Crippen molar-refractivity contribution in [3.8, 4) is 11.3 Å². The molecule has 0 atom stereocenters. The second-order valence-corrected chi connectivity index (χ2v) is 6.46. The summed E-state index contributed by atoms with van der Waals surface area (Å²) in [5.74, 6) is 0. The van der Waals surface area contributed by atoms with Crippen LogP contribution >= 0.6 is 11.6 Å². The van der Waals surface area contributed by atoms with Crippen LogP contribution in [0.25, 0.3) is 16.9 Å². The number of benzene rings is 1. The molecule has 0 bridgehead atoms. The zero-order valence-corrected chi connectivity index (χ0v) is 12.6. The molecule has 0 N–H and O–H groups in total. The molecule has 3 aromatic rings. The number of aromatic nitrogens is 2. The minimum atomic E-state index is 0.0752. The highest BCUT2D eigenvalue weighted by Crippen LogP contribution is 2.27. The molecule has 0 aliphatic carbocycles. The van der Waals surface area contributed by atoms with Gasteiger partial charge in [0.15, 0.2) is 0 Å². The van der Waals surface area contributed by atoms with Crippen molar-refractivity contribution in [2.45, 2.75) is 26.2 Å². The summed E-state index contributed by atoms with van der Waals surface area (Å²) in [4.78, 5) is 4.70. The van der Waals surface area contributed by atoms with Gasteiger partial charge in [0, 0.05) is 27.9 Å². The maximum absolute atomic E-state index is 6.06. The van der Waals surface area contributed by atoms with E-state index in [1.165, 1.54) is 5.69 Å². The fourth-order valence-electron chi connectivity index (χ4n) is 2.41. The Kier molecular flexibility index (Phi) is 3.06. The molecule has 0 radical (unpaired) electrons. The van der Waals surface area contributed by atoms with E-state index in [4.69, 9.17) is 16.6 Å². The van der Waals surface area contributed by atoms with E-state index < -0.39 is 0 Å². The average Bonchev–Trinajstić information content (AvgIpc) is 2.81. The molecule has 3 heteroatoms. The third kappa shape index (κ3) is 2.32. The van der Waals surface area contributed by atoms with E-state index in [0.717, 1.165) is 21.9 Å². The number of halogens is 1. The van der Waals surface area contributed by atoms with Crippen LogP contribution in [0.2, 0.25) is 5.02 Å². The molecule has 0 aliphatic rings. The van der Waals surface area contributed by atoms with Crippen molar-refractivity contribution in [3.05, 3.63) is 59.4 Å². The normalized spacial score (nSPS) is 12.0. The lowest BCUT2D eigenvalue weighted by molar-refractivity contribution is 0.561. The van der Waals surface area contributed by atoms with Gasteiger partial charge < -0.3 is 4.40 Å². The van der Waals surface area contributed by atoms with Crippen LogP contribution in [-0.4, -0.2) is 9.38 Å². The highest BCUT2D eigenvalue weighted by atomic mass is 35.5. The van der Waals surface area contributed by atoms with Crippen LogP contribution in [0.1, 0.15) is 26.5 Å². The van der Waals surface area contributed by atoms with Gasteiger partial charge in [-0.1, -0.05) is 50.6 Å². The Balaban J connectivity index is 2.21. The molecule has 0 unspecified atom stereocenters. The number of imidazole rings is 1. The number of hydrogen-bond donors (Lipinski definition) is 0. The second-order valence-electron chi connectivity index (χ2n) is 6.03. The maximum atomic E-state index is 6.06. The fourth-order valence-corrected chi connectivity index (χ4v) is 2.60. The van der Waals surface area contributed by atoms with Gasteiger partial charge in [0.05, 0.1) is 5.69 Å². The quantitative estimate of drug-likeness (QED) is 0.618. The number of pyridine rings is 1. The Morgan fingerprint density at radius 1 is 1.05 bits per heavy atom. The first-order chi connectivity index (χ1) is 9.45. The molecule has 3 rings (SSSR count). The lowest BCUT2D eigenvalue weighted by Gasteiger charge is -2.20. The van der Waals surface area contributed by atoms with E-state index in [1.54, 1.807) is 0 Å². The van der Waals surface area contributed by atoms with E-state index in [2.05, 4.69) is 43.5 Å². The topological polar surface area (TPSA) is 17.3 Å². The Morgan fingerprint density at radius 2 is 1.80 bits per heavy atom. The molecule has 2 nitrogen and oxygen atoms in total. The van der Waals surface area contributed by atoms with Gasteiger partial charge in [-0.25, -0.2) is 4.98 Å². The number of hydrogen-bond acceptors (Lipinski definition) is 1. The highest BCUT2D eigenvalue weighted by Gasteiger charge is 2.18. The first-order valence-corrected chi connectivity index (χ1v) is 7.07. The summed E-state index contributed by atoms with van der Waals surface area (Å²) < 4.78 is 2.16. The van der Waals surface area contributed by atoms with Gasteiger partial charge in [0.1, 0.15) is 5.65 Å². The summed E-state index contributed by atoms with van der Waals surface area (Å²) in [6, 6.07) is 14.0. The second kappa shape index (κ2) is 4.64. The van der Waals surface area contributed by atoms with Crippen LogP contribution in [0, 0.1) is 0 Å². The summed E-state index contributed by atoms with van der Waals surface area (Å²) in [7, 11) is 0. The highest BCUT2D eigenvalue weighted by molar-refractivity contribution is 6.30. The van der Waals surface area contributed by atoms with Crippen LogP contribution in [0.5, 0.6) is 0 Å². The van der Waals surface area contributed by atoms with Crippen LogP contribution in [0.15, 0.2) is 48.7 Å². The average molecular weight is 285 g/mol. The Labute approximate surface area is 124 Å². The van der Waals surface area contributed by atoms with E-state index in [-0.39, 0.29) is 5.41 Å². The van der Waals surface area contributed by atoms with Crippen molar-refractivity contribution in [2.24, 2.45) is 0 Å². The minimum absolute atomic E-state index is 0.0752. The van der Waals surface area contributed by atoms with Crippen LogP contribution in [0.4, 0.5) is 0 Å². The summed E-state index contributed by atoms with van der Waals surface area (Å²) in [6.45, 7) is 6.63. The Morgan fingerprint density at radius 3 is 2.50 bits per heavy atom. The van der Waals surface area contributed by atoms with Gasteiger partial charge >= 0.3 is 0 Å². The molecule has 0 aliphatic heterocycles. The largest absolute Gasteiger partial charge is 0.303 e. The Hall–Kier alpha value is -1.80. The molecule has 0 spiro atoms. The zero-order valence-electron chi connectivity index (χ0n) is 11.9. The first-order valence-electron chi connectivity index (χ1n) is 6.70. The molecule has 2 heterocycles. The molecular formula is C17H17ClN2. The molecule has 0 amide bonds. The number of nitrogens with zero attached hydrogens (tertiary/aromatic N) is 2. The first kappa shape index (κ1) is 13.2. The van der Waals surface area contributed by atoms with Gasteiger partial charge in [0.2, 0.25) is 0 Å². The van der Waals surface area contributed by atoms with Crippen molar-refractivity contribution in [3.63, 3.8) is 0 Å². The monoisotopic (exact) mass is 284 g/mol. The van der Waals surface area contributed by atoms with Crippen LogP contribution < -0.4 is 0 Å². The minimum Gasteiger partial charge on any atom is -0.303 e. The van der Waals surface area contributed by atoms with E-state index in [1.807, 2.05) is 30.3 Å².